The highest BCUT2D eigenvalue weighted by Gasteiger charge is 2.34. The molecule has 0 aromatic heterocycles. The van der Waals surface area contributed by atoms with E-state index in [1.54, 1.807) is 0 Å². The highest BCUT2D eigenvalue weighted by atomic mass is 19.4. The first kappa shape index (κ1) is 14.7. The van der Waals surface area contributed by atoms with Crippen LogP contribution in [0.3, 0.4) is 0 Å². The third-order valence-electron chi connectivity index (χ3n) is 3.37. The number of alkyl halides is 3. The van der Waals surface area contributed by atoms with Crippen LogP contribution in [0.15, 0.2) is 18.2 Å². The summed E-state index contributed by atoms with van der Waals surface area (Å²) in [5.74, 6) is 0.0299. The molecule has 1 aliphatic carbocycles. The van der Waals surface area contributed by atoms with E-state index in [1.807, 2.05) is 0 Å². The molecule has 0 bridgehead atoms. The average Bonchev–Trinajstić information content (AvgIpc) is 2.40. The van der Waals surface area contributed by atoms with Crippen LogP contribution in [0.2, 0.25) is 0 Å². The molecule has 0 radical (unpaired) electrons. The zero-order valence-corrected chi connectivity index (χ0v) is 10.7. The molecule has 1 N–H and O–H groups in total. The van der Waals surface area contributed by atoms with Gasteiger partial charge in [0.05, 0.1) is 23.3 Å². The van der Waals surface area contributed by atoms with Crippen molar-refractivity contribution in [1.29, 1.82) is 5.26 Å². The molecular weight excluding hydrogens is 271 g/mol. The van der Waals surface area contributed by atoms with Gasteiger partial charge in [0.25, 0.3) is 0 Å². The number of ether oxygens (including phenoxy) is 1. The monoisotopic (exact) mass is 285 g/mol. The number of benzene rings is 1. The molecule has 0 spiro atoms. The Morgan fingerprint density at radius 2 is 1.95 bits per heavy atom. The van der Waals surface area contributed by atoms with E-state index < -0.39 is 29.5 Å². The molecule has 0 amide bonds. The van der Waals surface area contributed by atoms with Crippen molar-refractivity contribution in [2.45, 2.75) is 44.1 Å². The van der Waals surface area contributed by atoms with E-state index in [0.717, 1.165) is 25.0 Å². The predicted octanol–water partition coefficient (Wildman–Crippen LogP) is 3.26. The smallest absolute Gasteiger partial charge is 0.417 e. The first-order valence-electron chi connectivity index (χ1n) is 6.38. The topological polar surface area (TPSA) is 53.2 Å². The maximum atomic E-state index is 12.8. The van der Waals surface area contributed by atoms with E-state index >= 15 is 0 Å². The van der Waals surface area contributed by atoms with Crippen molar-refractivity contribution >= 4 is 0 Å². The van der Waals surface area contributed by atoms with Crippen LogP contribution in [0.25, 0.3) is 0 Å². The van der Waals surface area contributed by atoms with Crippen molar-refractivity contribution in [2.24, 2.45) is 0 Å². The summed E-state index contributed by atoms with van der Waals surface area (Å²) in [6.45, 7) is 0. The second-order valence-corrected chi connectivity index (χ2v) is 4.83. The molecule has 0 aliphatic heterocycles. The summed E-state index contributed by atoms with van der Waals surface area (Å²) < 4.78 is 43.9. The zero-order valence-electron chi connectivity index (χ0n) is 10.7. The summed E-state index contributed by atoms with van der Waals surface area (Å²) in [5, 5.41) is 18.5. The summed E-state index contributed by atoms with van der Waals surface area (Å²) in [6, 6.07) is 4.76. The van der Waals surface area contributed by atoms with E-state index in [-0.39, 0.29) is 5.75 Å². The van der Waals surface area contributed by atoms with Crippen molar-refractivity contribution in [3.8, 4) is 11.8 Å². The van der Waals surface area contributed by atoms with Gasteiger partial charge in [-0.3, -0.25) is 0 Å². The van der Waals surface area contributed by atoms with Crippen molar-refractivity contribution in [3.63, 3.8) is 0 Å². The Balaban J connectivity index is 2.23. The van der Waals surface area contributed by atoms with Gasteiger partial charge in [-0.2, -0.15) is 18.4 Å². The Hall–Kier alpha value is -1.74. The van der Waals surface area contributed by atoms with E-state index in [9.17, 15) is 18.3 Å². The SMILES string of the molecule is N#Cc1ccc(O[C@H]2CCCC[C@H]2O)cc1C(F)(F)F. The van der Waals surface area contributed by atoms with Crippen LogP contribution in [0.4, 0.5) is 13.2 Å². The molecule has 6 heteroatoms. The van der Waals surface area contributed by atoms with Gasteiger partial charge < -0.3 is 9.84 Å². The van der Waals surface area contributed by atoms with Crippen molar-refractivity contribution in [3.05, 3.63) is 29.3 Å². The van der Waals surface area contributed by atoms with Crippen LogP contribution in [0, 0.1) is 11.3 Å². The summed E-state index contributed by atoms with van der Waals surface area (Å²) in [6.07, 6.45) is -2.77. The average molecular weight is 285 g/mol. The summed E-state index contributed by atoms with van der Waals surface area (Å²) >= 11 is 0. The highest BCUT2D eigenvalue weighted by Crippen LogP contribution is 2.35. The van der Waals surface area contributed by atoms with Gasteiger partial charge in [0.15, 0.2) is 0 Å². The largest absolute Gasteiger partial charge is 0.488 e. The summed E-state index contributed by atoms with van der Waals surface area (Å²) in [4.78, 5) is 0. The van der Waals surface area contributed by atoms with Crippen LogP contribution in [-0.2, 0) is 6.18 Å². The lowest BCUT2D eigenvalue weighted by Crippen LogP contribution is -2.34. The molecule has 108 valence electrons. The minimum absolute atomic E-state index is 0.0299. The molecule has 2 rings (SSSR count). The highest BCUT2D eigenvalue weighted by molar-refractivity contribution is 5.44. The van der Waals surface area contributed by atoms with Crippen LogP contribution < -0.4 is 4.74 Å². The fourth-order valence-corrected chi connectivity index (χ4v) is 2.32. The first-order valence-corrected chi connectivity index (χ1v) is 6.38. The summed E-state index contributed by atoms with van der Waals surface area (Å²) in [7, 11) is 0. The number of aliphatic hydroxyl groups is 1. The zero-order chi connectivity index (χ0) is 14.8. The Bertz CT molecular complexity index is 522. The molecule has 1 aromatic rings. The molecule has 1 saturated carbocycles. The van der Waals surface area contributed by atoms with Crippen LogP contribution in [-0.4, -0.2) is 17.3 Å². The van der Waals surface area contributed by atoms with Gasteiger partial charge in [-0.1, -0.05) is 6.42 Å². The molecule has 1 fully saturated rings. The van der Waals surface area contributed by atoms with Gasteiger partial charge in [0, 0.05) is 0 Å². The molecule has 0 heterocycles. The maximum absolute atomic E-state index is 12.8. The Labute approximate surface area is 114 Å². The van der Waals surface area contributed by atoms with E-state index in [1.165, 1.54) is 12.1 Å². The van der Waals surface area contributed by atoms with Gasteiger partial charge >= 0.3 is 6.18 Å². The number of aliphatic hydroxyl groups excluding tert-OH is 1. The predicted molar refractivity (Wildman–Crippen MR) is 65.0 cm³/mol. The number of hydrogen-bond donors (Lipinski definition) is 1. The number of nitriles is 1. The minimum atomic E-state index is -4.60. The molecule has 1 aromatic carbocycles. The number of hydrogen-bond acceptors (Lipinski definition) is 3. The standard InChI is InChI=1S/C14H14F3NO2/c15-14(16,17)11-7-10(6-5-9(11)8-18)20-13-4-2-1-3-12(13)19/h5-7,12-13,19H,1-4H2/t12-,13+/m1/s1. The van der Waals surface area contributed by atoms with Crippen LogP contribution in [0.1, 0.15) is 36.8 Å². The van der Waals surface area contributed by atoms with Crippen LogP contribution >= 0.6 is 0 Å². The van der Waals surface area contributed by atoms with Gasteiger partial charge in [-0.05, 0) is 37.5 Å². The normalized spacial score (nSPS) is 23.1. The molecule has 0 unspecified atom stereocenters. The minimum Gasteiger partial charge on any atom is -0.488 e. The molecule has 0 saturated heterocycles. The van der Waals surface area contributed by atoms with Gasteiger partial charge in [0.1, 0.15) is 11.9 Å². The molecule has 20 heavy (non-hydrogen) atoms. The third kappa shape index (κ3) is 3.23. The van der Waals surface area contributed by atoms with Crippen molar-refractivity contribution < 1.29 is 23.0 Å². The Morgan fingerprint density at radius 1 is 1.25 bits per heavy atom. The lowest BCUT2D eigenvalue weighted by Gasteiger charge is -2.28. The van der Waals surface area contributed by atoms with Crippen LogP contribution in [0.5, 0.6) is 5.75 Å². The fourth-order valence-electron chi connectivity index (χ4n) is 2.32. The Kier molecular flexibility index (Phi) is 4.19. The first-order chi connectivity index (χ1) is 9.41. The van der Waals surface area contributed by atoms with E-state index in [4.69, 9.17) is 10.00 Å². The molecule has 3 nitrogen and oxygen atoms in total. The van der Waals surface area contributed by atoms with Gasteiger partial charge in [-0.25, -0.2) is 0 Å². The second-order valence-electron chi connectivity index (χ2n) is 4.83. The number of halogens is 3. The van der Waals surface area contributed by atoms with Crippen molar-refractivity contribution in [2.75, 3.05) is 0 Å². The fraction of sp³-hybridized carbons (Fsp3) is 0.500. The molecular formula is C14H14F3NO2. The maximum Gasteiger partial charge on any atom is 0.417 e. The van der Waals surface area contributed by atoms with E-state index in [0.29, 0.717) is 12.8 Å². The van der Waals surface area contributed by atoms with Gasteiger partial charge in [-0.15, -0.1) is 0 Å². The number of rotatable bonds is 2. The lowest BCUT2D eigenvalue weighted by atomic mass is 9.95. The number of nitrogens with zero attached hydrogens (tertiary/aromatic N) is 1. The lowest BCUT2D eigenvalue weighted by molar-refractivity contribution is -0.138. The van der Waals surface area contributed by atoms with Crippen molar-refractivity contribution in [1.82, 2.24) is 0 Å². The molecule has 2 atom stereocenters. The van der Waals surface area contributed by atoms with E-state index in [2.05, 4.69) is 0 Å². The quantitative estimate of drug-likeness (QED) is 0.907. The summed E-state index contributed by atoms with van der Waals surface area (Å²) in [5.41, 5.74) is -1.45. The molecule has 1 aliphatic rings. The van der Waals surface area contributed by atoms with Gasteiger partial charge in [0.2, 0.25) is 0 Å². The second kappa shape index (κ2) is 5.71. The third-order valence-corrected chi connectivity index (χ3v) is 3.37. The Morgan fingerprint density at radius 3 is 2.55 bits per heavy atom.